The number of amides is 1. The molecule has 1 heterocycles. The zero-order valence-electron chi connectivity index (χ0n) is 10.6. The number of nitrogens with zero attached hydrogens (tertiary/aromatic N) is 1. The van der Waals surface area contributed by atoms with Gasteiger partial charge in [-0.25, -0.2) is 0 Å². The number of hydrogen-bond acceptors (Lipinski definition) is 2. The van der Waals surface area contributed by atoms with Gasteiger partial charge < -0.3 is 0 Å². The third-order valence-electron chi connectivity index (χ3n) is 3.04. The van der Waals surface area contributed by atoms with Crippen molar-refractivity contribution in [3.63, 3.8) is 0 Å². The molecule has 0 unspecified atom stereocenters. The molecule has 1 aromatic heterocycles. The van der Waals surface area contributed by atoms with E-state index >= 15 is 0 Å². The lowest BCUT2D eigenvalue weighted by molar-refractivity contribution is 0.0976. The molecule has 3 rings (SSSR count). The van der Waals surface area contributed by atoms with Crippen molar-refractivity contribution in [2.45, 2.75) is 0 Å². The molecule has 0 aliphatic heterocycles. The third-order valence-corrected chi connectivity index (χ3v) is 3.04. The van der Waals surface area contributed by atoms with Crippen LogP contribution in [0.3, 0.4) is 0 Å². The number of aromatic nitrogens is 1. The minimum absolute atomic E-state index is 0.0278. The predicted octanol–water partition coefficient (Wildman–Crippen LogP) is 2.65. The summed E-state index contributed by atoms with van der Waals surface area (Å²) < 4.78 is 1.63. The van der Waals surface area contributed by atoms with E-state index in [4.69, 9.17) is 5.41 Å². The van der Waals surface area contributed by atoms with Crippen LogP contribution in [0, 0.1) is 11.5 Å². The van der Waals surface area contributed by atoms with E-state index in [2.05, 4.69) is 11.4 Å². The topological polar surface area (TPSA) is 57.9 Å². The van der Waals surface area contributed by atoms with Gasteiger partial charge >= 0.3 is 0 Å². The van der Waals surface area contributed by atoms with Gasteiger partial charge in [-0.2, -0.15) is 0 Å². The Morgan fingerprint density at radius 1 is 1.15 bits per heavy atom. The molecule has 2 N–H and O–H groups in total. The number of carbonyl (C=O) groups is 1. The SMILES string of the molecule is N=C(NC(=O)c1ccccc1)n1ccc2c[c]ccc21. The lowest BCUT2D eigenvalue weighted by atomic mass is 10.2. The predicted molar refractivity (Wildman–Crippen MR) is 77.8 cm³/mol. The highest BCUT2D eigenvalue weighted by molar-refractivity contribution is 6.07. The van der Waals surface area contributed by atoms with Crippen molar-refractivity contribution < 1.29 is 4.79 Å². The quantitative estimate of drug-likeness (QED) is 0.514. The van der Waals surface area contributed by atoms with Crippen molar-refractivity contribution in [2.24, 2.45) is 0 Å². The van der Waals surface area contributed by atoms with Gasteiger partial charge in [-0.15, -0.1) is 0 Å². The zero-order valence-corrected chi connectivity index (χ0v) is 10.6. The lowest BCUT2D eigenvalue weighted by Crippen LogP contribution is -2.34. The van der Waals surface area contributed by atoms with Gasteiger partial charge in [0.1, 0.15) is 0 Å². The molecule has 0 saturated heterocycles. The van der Waals surface area contributed by atoms with Crippen LogP contribution in [0.1, 0.15) is 10.4 Å². The Bertz CT molecular complexity index is 775. The first-order chi connectivity index (χ1) is 9.75. The standard InChI is InChI=1S/C16H12N3O/c17-16(18-15(20)13-7-2-1-3-8-13)19-11-10-12-6-4-5-9-14(12)19/h1-3,5-11H,(H2,17,18,20). The summed E-state index contributed by atoms with van der Waals surface area (Å²) in [7, 11) is 0. The van der Waals surface area contributed by atoms with Crippen LogP contribution in [-0.2, 0) is 0 Å². The maximum Gasteiger partial charge on any atom is 0.257 e. The highest BCUT2D eigenvalue weighted by Gasteiger charge is 2.10. The molecule has 97 valence electrons. The average molecular weight is 262 g/mol. The molecule has 4 nitrogen and oxygen atoms in total. The lowest BCUT2D eigenvalue weighted by Gasteiger charge is -2.09. The summed E-state index contributed by atoms with van der Waals surface area (Å²) >= 11 is 0. The van der Waals surface area contributed by atoms with Crippen LogP contribution in [-0.4, -0.2) is 16.4 Å². The highest BCUT2D eigenvalue weighted by atomic mass is 16.1. The summed E-state index contributed by atoms with van der Waals surface area (Å²) in [5.74, 6) is -0.264. The monoisotopic (exact) mass is 262 g/mol. The molecular weight excluding hydrogens is 250 g/mol. The zero-order chi connectivity index (χ0) is 13.9. The molecule has 20 heavy (non-hydrogen) atoms. The molecule has 0 aliphatic carbocycles. The summed E-state index contributed by atoms with van der Waals surface area (Å²) in [6.07, 6.45) is 1.76. The van der Waals surface area contributed by atoms with Gasteiger partial charge in [-0.1, -0.05) is 24.3 Å². The van der Waals surface area contributed by atoms with Gasteiger partial charge in [0, 0.05) is 17.1 Å². The van der Waals surface area contributed by atoms with Crippen molar-refractivity contribution in [2.75, 3.05) is 0 Å². The number of hydrogen-bond donors (Lipinski definition) is 2. The normalized spacial score (nSPS) is 10.4. The number of fused-ring (bicyclic) bond motifs is 1. The first-order valence-corrected chi connectivity index (χ1v) is 6.18. The van der Waals surface area contributed by atoms with Crippen molar-refractivity contribution in [3.8, 4) is 0 Å². The first kappa shape index (κ1) is 12.2. The van der Waals surface area contributed by atoms with Crippen molar-refractivity contribution in [1.82, 2.24) is 9.88 Å². The average Bonchev–Trinajstić information content (AvgIpc) is 2.92. The van der Waals surface area contributed by atoms with Gasteiger partial charge in [0.25, 0.3) is 5.91 Å². The van der Waals surface area contributed by atoms with Crippen LogP contribution in [0.15, 0.2) is 60.8 Å². The molecule has 1 amide bonds. The Hall–Kier alpha value is -2.88. The molecule has 0 atom stereocenters. The second-order valence-corrected chi connectivity index (χ2v) is 4.34. The largest absolute Gasteiger partial charge is 0.292 e. The van der Waals surface area contributed by atoms with Gasteiger partial charge in [0.2, 0.25) is 5.96 Å². The maximum atomic E-state index is 12.0. The molecule has 2 aromatic carbocycles. The highest BCUT2D eigenvalue weighted by Crippen LogP contribution is 2.14. The van der Waals surface area contributed by atoms with Crippen LogP contribution >= 0.6 is 0 Å². The van der Waals surface area contributed by atoms with Crippen LogP contribution in [0.2, 0.25) is 0 Å². The molecular formula is C16H12N3O. The molecule has 0 spiro atoms. The van der Waals surface area contributed by atoms with E-state index in [1.807, 2.05) is 24.3 Å². The number of carbonyl (C=O) groups excluding carboxylic acids is 1. The van der Waals surface area contributed by atoms with E-state index in [1.54, 1.807) is 41.1 Å². The van der Waals surface area contributed by atoms with E-state index in [1.165, 1.54) is 0 Å². The first-order valence-electron chi connectivity index (χ1n) is 6.18. The van der Waals surface area contributed by atoms with E-state index in [-0.39, 0.29) is 11.9 Å². The van der Waals surface area contributed by atoms with Gasteiger partial charge in [-0.05, 0) is 36.4 Å². The molecule has 3 aromatic rings. The maximum absolute atomic E-state index is 12.0. The van der Waals surface area contributed by atoms with E-state index < -0.39 is 0 Å². The molecule has 0 saturated carbocycles. The second-order valence-electron chi connectivity index (χ2n) is 4.34. The van der Waals surface area contributed by atoms with E-state index in [0.29, 0.717) is 5.56 Å². The number of rotatable bonds is 1. The fourth-order valence-electron chi connectivity index (χ4n) is 2.05. The minimum atomic E-state index is -0.292. The summed E-state index contributed by atoms with van der Waals surface area (Å²) in [5.41, 5.74) is 1.39. The summed E-state index contributed by atoms with van der Waals surface area (Å²) in [5, 5.41) is 11.6. The number of nitrogens with one attached hydrogen (secondary N) is 2. The minimum Gasteiger partial charge on any atom is -0.292 e. The van der Waals surface area contributed by atoms with E-state index in [0.717, 1.165) is 10.9 Å². The van der Waals surface area contributed by atoms with E-state index in [9.17, 15) is 4.79 Å². The Morgan fingerprint density at radius 2 is 1.95 bits per heavy atom. The fraction of sp³-hybridized carbons (Fsp3) is 0. The Kier molecular flexibility index (Phi) is 3.05. The van der Waals surface area contributed by atoms with Gasteiger partial charge in [-0.3, -0.25) is 20.1 Å². The molecule has 0 fully saturated rings. The Balaban J connectivity index is 1.85. The third kappa shape index (κ3) is 2.19. The van der Waals surface area contributed by atoms with Crippen LogP contribution < -0.4 is 5.32 Å². The molecule has 0 aliphatic rings. The fourth-order valence-corrected chi connectivity index (χ4v) is 2.05. The Labute approximate surface area is 116 Å². The van der Waals surface area contributed by atoms with Gasteiger partial charge in [0.05, 0.1) is 5.52 Å². The smallest absolute Gasteiger partial charge is 0.257 e. The summed E-state index contributed by atoms with van der Waals surface area (Å²) in [6.45, 7) is 0. The molecule has 0 bridgehead atoms. The molecule has 1 radical (unpaired) electrons. The Morgan fingerprint density at radius 3 is 2.75 bits per heavy atom. The second kappa shape index (κ2) is 5.01. The molecule has 4 heteroatoms. The number of benzene rings is 2. The van der Waals surface area contributed by atoms with Crippen molar-refractivity contribution >= 4 is 22.8 Å². The van der Waals surface area contributed by atoms with Crippen LogP contribution in [0.5, 0.6) is 0 Å². The van der Waals surface area contributed by atoms with Gasteiger partial charge in [0.15, 0.2) is 0 Å². The summed E-state index contributed by atoms with van der Waals surface area (Å²) in [4.78, 5) is 12.0. The van der Waals surface area contributed by atoms with Crippen LogP contribution in [0.4, 0.5) is 0 Å². The van der Waals surface area contributed by atoms with Crippen molar-refractivity contribution in [3.05, 3.63) is 72.4 Å². The van der Waals surface area contributed by atoms with Crippen LogP contribution in [0.25, 0.3) is 10.9 Å². The van der Waals surface area contributed by atoms with Crippen molar-refractivity contribution in [1.29, 1.82) is 5.41 Å². The summed E-state index contributed by atoms with van der Waals surface area (Å²) in [6, 6.07) is 19.2.